The normalized spacial score (nSPS) is 19.7. The molecule has 2 rings (SSSR count). The van der Waals surface area contributed by atoms with Crippen LogP contribution >= 0.6 is 0 Å². The number of amides is 1. The SMILES string of the molecule is CC(C)NC(=O)C1COCCN1CCc1ccc(N)cc1. The van der Waals surface area contributed by atoms with Crippen molar-refractivity contribution in [3.05, 3.63) is 29.8 Å². The van der Waals surface area contributed by atoms with Crippen LogP contribution in [0, 0.1) is 0 Å². The lowest BCUT2D eigenvalue weighted by Gasteiger charge is -2.35. The van der Waals surface area contributed by atoms with E-state index in [-0.39, 0.29) is 18.0 Å². The summed E-state index contributed by atoms with van der Waals surface area (Å²) in [7, 11) is 0. The van der Waals surface area contributed by atoms with Gasteiger partial charge >= 0.3 is 0 Å². The van der Waals surface area contributed by atoms with E-state index < -0.39 is 0 Å². The first-order valence-electron chi connectivity index (χ1n) is 7.53. The van der Waals surface area contributed by atoms with Crippen molar-refractivity contribution in [3.8, 4) is 0 Å². The molecule has 1 heterocycles. The van der Waals surface area contributed by atoms with Gasteiger partial charge in [0.05, 0.1) is 13.2 Å². The molecule has 0 bridgehead atoms. The Morgan fingerprint density at radius 2 is 2.14 bits per heavy atom. The average molecular weight is 291 g/mol. The van der Waals surface area contributed by atoms with Gasteiger partial charge in [0.1, 0.15) is 6.04 Å². The average Bonchev–Trinajstić information content (AvgIpc) is 2.46. The molecule has 3 N–H and O–H groups in total. The first kappa shape index (κ1) is 15.8. The predicted octanol–water partition coefficient (Wildman–Crippen LogP) is 1.04. The molecule has 1 aliphatic heterocycles. The molecule has 21 heavy (non-hydrogen) atoms. The molecule has 0 radical (unpaired) electrons. The Labute approximate surface area is 126 Å². The molecule has 1 fully saturated rings. The smallest absolute Gasteiger partial charge is 0.239 e. The number of nitrogen functional groups attached to an aromatic ring is 1. The van der Waals surface area contributed by atoms with Gasteiger partial charge in [-0.15, -0.1) is 0 Å². The highest BCUT2D eigenvalue weighted by molar-refractivity contribution is 5.82. The Balaban J connectivity index is 1.92. The number of carbonyl (C=O) groups is 1. The lowest BCUT2D eigenvalue weighted by atomic mass is 10.1. The van der Waals surface area contributed by atoms with Crippen LogP contribution in [-0.4, -0.2) is 49.2 Å². The minimum absolute atomic E-state index is 0.0574. The Bertz CT molecular complexity index is 459. The largest absolute Gasteiger partial charge is 0.399 e. The van der Waals surface area contributed by atoms with Gasteiger partial charge in [-0.25, -0.2) is 0 Å². The summed E-state index contributed by atoms with van der Waals surface area (Å²) in [6, 6.07) is 7.88. The molecule has 1 saturated heterocycles. The van der Waals surface area contributed by atoms with E-state index in [0.717, 1.165) is 25.2 Å². The van der Waals surface area contributed by atoms with Crippen molar-refractivity contribution >= 4 is 11.6 Å². The van der Waals surface area contributed by atoms with Gasteiger partial charge in [-0.2, -0.15) is 0 Å². The summed E-state index contributed by atoms with van der Waals surface area (Å²) >= 11 is 0. The molecule has 5 heteroatoms. The van der Waals surface area contributed by atoms with E-state index in [1.807, 2.05) is 38.1 Å². The fourth-order valence-electron chi connectivity index (χ4n) is 2.48. The summed E-state index contributed by atoms with van der Waals surface area (Å²) in [6.07, 6.45) is 0.908. The molecule has 1 aromatic carbocycles. The number of hydrogen-bond donors (Lipinski definition) is 2. The highest BCUT2D eigenvalue weighted by Gasteiger charge is 2.29. The van der Waals surface area contributed by atoms with E-state index in [9.17, 15) is 4.79 Å². The summed E-state index contributed by atoms with van der Waals surface area (Å²) in [5.41, 5.74) is 7.71. The molecule has 0 aliphatic carbocycles. The van der Waals surface area contributed by atoms with Gasteiger partial charge in [0.2, 0.25) is 5.91 Å². The van der Waals surface area contributed by atoms with E-state index in [2.05, 4.69) is 10.2 Å². The number of rotatable bonds is 5. The Hall–Kier alpha value is -1.59. The van der Waals surface area contributed by atoms with Crippen molar-refractivity contribution in [1.82, 2.24) is 10.2 Å². The van der Waals surface area contributed by atoms with Crippen LogP contribution in [0.4, 0.5) is 5.69 Å². The Kier molecular flexibility index (Phi) is 5.59. The summed E-state index contributed by atoms with van der Waals surface area (Å²) in [6.45, 7) is 6.75. The van der Waals surface area contributed by atoms with E-state index in [1.165, 1.54) is 5.56 Å². The number of nitrogens with one attached hydrogen (secondary N) is 1. The van der Waals surface area contributed by atoms with E-state index in [1.54, 1.807) is 0 Å². The molecular formula is C16H25N3O2. The van der Waals surface area contributed by atoms with Crippen molar-refractivity contribution in [3.63, 3.8) is 0 Å². The van der Waals surface area contributed by atoms with Crippen molar-refractivity contribution in [2.24, 2.45) is 0 Å². The van der Waals surface area contributed by atoms with Crippen LogP contribution in [0.5, 0.6) is 0 Å². The highest BCUT2D eigenvalue weighted by atomic mass is 16.5. The number of carbonyl (C=O) groups excluding carboxylic acids is 1. The van der Waals surface area contributed by atoms with Gasteiger partial charge in [0.15, 0.2) is 0 Å². The van der Waals surface area contributed by atoms with E-state index >= 15 is 0 Å². The molecule has 1 aromatic rings. The lowest BCUT2D eigenvalue weighted by molar-refractivity contribution is -0.133. The second-order valence-electron chi connectivity index (χ2n) is 5.78. The van der Waals surface area contributed by atoms with Crippen LogP contribution in [-0.2, 0) is 16.0 Å². The van der Waals surface area contributed by atoms with Gasteiger partial charge in [-0.05, 0) is 38.0 Å². The maximum atomic E-state index is 12.2. The van der Waals surface area contributed by atoms with Crippen molar-refractivity contribution in [2.75, 3.05) is 32.0 Å². The Morgan fingerprint density at radius 1 is 1.43 bits per heavy atom. The minimum Gasteiger partial charge on any atom is -0.399 e. The van der Waals surface area contributed by atoms with Crippen molar-refractivity contribution in [1.29, 1.82) is 0 Å². The number of nitrogens with two attached hydrogens (primary N) is 1. The van der Waals surface area contributed by atoms with Gasteiger partial charge in [-0.1, -0.05) is 12.1 Å². The minimum atomic E-state index is -0.185. The van der Waals surface area contributed by atoms with Crippen LogP contribution in [0.25, 0.3) is 0 Å². The first-order chi connectivity index (χ1) is 10.1. The van der Waals surface area contributed by atoms with Crippen LogP contribution < -0.4 is 11.1 Å². The highest BCUT2D eigenvalue weighted by Crippen LogP contribution is 2.11. The first-order valence-corrected chi connectivity index (χ1v) is 7.53. The van der Waals surface area contributed by atoms with Gasteiger partial charge in [0.25, 0.3) is 0 Å². The molecule has 1 unspecified atom stereocenters. The third-order valence-corrected chi connectivity index (χ3v) is 3.64. The molecule has 0 aromatic heterocycles. The molecule has 1 amide bonds. The monoisotopic (exact) mass is 291 g/mol. The quantitative estimate of drug-likeness (QED) is 0.795. The molecule has 116 valence electrons. The third kappa shape index (κ3) is 4.72. The van der Waals surface area contributed by atoms with Crippen LogP contribution in [0.15, 0.2) is 24.3 Å². The zero-order valence-electron chi connectivity index (χ0n) is 12.8. The lowest BCUT2D eigenvalue weighted by Crippen LogP contribution is -2.55. The van der Waals surface area contributed by atoms with Gasteiger partial charge in [0, 0.05) is 24.8 Å². The van der Waals surface area contributed by atoms with Crippen LogP contribution in [0.1, 0.15) is 19.4 Å². The molecule has 5 nitrogen and oxygen atoms in total. The van der Waals surface area contributed by atoms with Crippen molar-refractivity contribution < 1.29 is 9.53 Å². The fourth-order valence-corrected chi connectivity index (χ4v) is 2.48. The molecule has 1 atom stereocenters. The topological polar surface area (TPSA) is 67.6 Å². The number of ether oxygens (including phenoxy) is 1. The van der Waals surface area contributed by atoms with Crippen LogP contribution in [0.3, 0.4) is 0 Å². The zero-order chi connectivity index (χ0) is 15.2. The third-order valence-electron chi connectivity index (χ3n) is 3.64. The molecule has 0 spiro atoms. The number of benzene rings is 1. The van der Waals surface area contributed by atoms with E-state index in [4.69, 9.17) is 10.5 Å². The maximum Gasteiger partial charge on any atom is 0.239 e. The standard InChI is InChI=1S/C16H25N3O2/c1-12(2)18-16(20)15-11-21-10-9-19(15)8-7-13-3-5-14(17)6-4-13/h3-6,12,15H,7-11,17H2,1-2H3,(H,18,20). The zero-order valence-corrected chi connectivity index (χ0v) is 12.8. The second kappa shape index (κ2) is 7.43. The summed E-state index contributed by atoms with van der Waals surface area (Å²) < 4.78 is 5.46. The summed E-state index contributed by atoms with van der Waals surface area (Å²) in [4.78, 5) is 14.4. The number of morpholine rings is 1. The van der Waals surface area contributed by atoms with Crippen molar-refractivity contribution in [2.45, 2.75) is 32.4 Å². The fraction of sp³-hybridized carbons (Fsp3) is 0.562. The van der Waals surface area contributed by atoms with E-state index in [0.29, 0.717) is 13.2 Å². The summed E-state index contributed by atoms with van der Waals surface area (Å²) in [5, 5.41) is 2.97. The summed E-state index contributed by atoms with van der Waals surface area (Å²) in [5.74, 6) is 0.0574. The molecule has 0 saturated carbocycles. The number of anilines is 1. The predicted molar refractivity (Wildman–Crippen MR) is 84.0 cm³/mol. The maximum absolute atomic E-state index is 12.2. The number of nitrogens with zero attached hydrogens (tertiary/aromatic N) is 1. The molecule has 1 aliphatic rings. The second-order valence-corrected chi connectivity index (χ2v) is 5.78. The number of hydrogen-bond acceptors (Lipinski definition) is 4. The van der Waals surface area contributed by atoms with Crippen LogP contribution in [0.2, 0.25) is 0 Å². The molecular weight excluding hydrogens is 266 g/mol. The Morgan fingerprint density at radius 3 is 2.81 bits per heavy atom. The van der Waals surface area contributed by atoms with Gasteiger partial charge in [-0.3, -0.25) is 9.69 Å². The van der Waals surface area contributed by atoms with Gasteiger partial charge < -0.3 is 15.8 Å².